The van der Waals surface area contributed by atoms with Crippen molar-refractivity contribution < 1.29 is 19.0 Å². The molecule has 0 amide bonds. The minimum absolute atomic E-state index is 0.212. The van der Waals surface area contributed by atoms with Crippen LogP contribution in [-0.4, -0.2) is 32.3 Å². The predicted molar refractivity (Wildman–Crippen MR) is 128 cm³/mol. The summed E-state index contributed by atoms with van der Waals surface area (Å²) in [6.07, 6.45) is 0.560. The Labute approximate surface area is 199 Å². The topological polar surface area (TPSA) is 56.8 Å². The van der Waals surface area contributed by atoms with Crippen LogP contribution in [0.5, 0.6) is 0 Å². The number of carbonyl (C=O) groups is 1. The first-order valence-corrected chi connectivity index (χ1v) is 11.4. The molecule has 0 aliphatic carbocycles. The van der Waals surface area contributed by atoms with Gasteiger partial charge in [-0.25, -0.2) is 4.79 Å². The summed E-state index contributed by atoms with van der Waals surface area (Å²) in [7, 11) is 1.38. The number of methoxy groups -OCH3 is 1. The minimum atomic E-state index is -0.613. The van der Waals surface area contributed by atoms with Gasteiger partial charge >= 0.3 is 5.97 Å². The van der Waals surface area contributed by atoms with E-state index in [2.05, 4.69) is 17.4 Å². The molecule has 1 aliphatic rings. The van der Waals surface area contributed by atoms with Crippen LogP contribution in [0.3, 0.4) is 0 Å². The van der Waals surface area contributed by atoms with Crippen LogP contribution >= 0.6 is 11.6 Å². The Morgan fingerprint density at radius 2 is 1.67 bits per heavy atom. The molecule has 1 N–H and O–H groups in total. The number of piperidine rings is 1. The van der Waals surface area contributed by atoms with Crippen LogP contribution in [-0.2, 0) is 33.0 Å². The van der Waals surface area contributed by atoms with Crippen LogP contribution in [0.25, 0.3) is 0 Å². The number of rotatable bonds is 8. The molecule has 0 aromatic heterocycles. The lowest BCUT2D eigenvalue weighted by Crippen LogP contribution is -2.54. The molecule has 1 aliphatic heterocycles. The maximum atomic E-state index is 11.7. The molecule has 0 bridgehead atoms. The van der Waals surface area contributed by atoms with E-state index in [4.69, 9.17) is 25.8 Å². The van der Waals surface area contributed by atoms with E-state index in [0.717, 1.165) is 29.7 Å². The van der Waals surface area contributed by atoms with Crippen LogP contribution < -0.4 is 5.32 Å². The Kier molecular flexibility index (Phi) is 7.78. The van der Waals surface area contributed by atoms with Crippen molar-refractivity contribution in [2.75, 3.05) is 20.2 Å². The highest BCUT2D eigenvalue weighted by Gasteiger charge is 2.44. The van der Waals surface area contributed by atoms with Crippen molar-refractivity contribution in [3.63, 3.8) is 0 Å². The third kappa shape index (κ3) is 5.63. The predicted octanol–water partition coefficient (Wildman–Crippen LogP) is 5.12. The molecule has 1 saturated heterocycles. The van der Waals surface area contributed by atoms with E-state index in [-0.39, 0.29) is 12.1 Å². The van der Waals surface area contributed by atoms with Gasteiger partial charge in [0.1, 0.15) is 11.7 Å². The highest BCUT2D eigenvalue weighted by atomic mass is 35.5. The van der Waals surface area contributed by atoms with Crippen molar-refractivity contribution >= 4 is 17.6 Å². The summed E-state index contributed by atoms with van der Waals surface area (Å²) < 4.78 is 17.9. The van der Waals surface area contributed by atoms with Gasteiger partial charge in [0.25, 0.3) is 0 Å². The Morgan fingerprint density at radius 1 is 0.970 bits per heavy atom. The molecule has 1 fully saturated rings. The number of halogens is 1. The molecule has 0 radical (unpaired) electrons. The van der Waals surface area contributed by atoms with Gasteiger partial charge < -0.3 is 19.5 Å². The Bertz CT molecular complexity index is 1040. The maximum absolute atomic E-state index is 11.7. The summed E-state index contributed by atoms with van der Waals surface area (Å²) in [5, 5.41) is 4.13. The van der Waals surface area contributed by atoms with E-state index >= 15 is 0 Å². The third-order valence-electron chi connectivity index (χ3n) is 6.02. The largest absolute Gasteiger partial charge is 0.465 e. The lowest BCUT2D eigenvalue weighted by molar-refractivity contribution is -0.176. The number of carbonyl (C=O) groups excluding carboxylic acids is 1. The molecule has 1 heterocycles. The molecule has 0 saturated carbocycles. The van der Waals surface area contributed by atoms with Gasteiger partial charge in [0.15, 0.2) is 0 Å². The van der Waals surface area contributed by atoms with Crippen molar-refractivity contribution in [1.82, 2.24) is 5.32 Å². The molecule has 4 rings (SSSR count). The van der Waals surface area contributed by atoms with Crippen LogP contribution in [0, 0.1) is 0 Å². The van der Waals surface area contributed by atoms with Gasteiger partial charge in [-0.05, 0) is 53.9 Å². The Hall–Kier alpha value is -2.70. The molecule has 33 heavy (non-hydrogen) atoms. The Balaban J connectivity index is 1.56. The van der Waals surface area contributed by atoms with Gasteiger partial charge in [-0.3, -0.25) is 0 Å². The first-order valence-electron chi connectivity index (χ1n) is 11.0. The van der Waals surface area contributed by atoms with Crippen molar-refractivity contribution in [3.05, 3.63) is 106 Å². The van der Waals surface area contributed by atoms with Crippen molar-refractivity contribution in [2.24, 2.45) is 0 Å². The summed E-state index contributed by atoms with van der Waals surface area (Å²) in [4.78, 5) is 11.7. The lowest BCUT2D eigenvalue weighted by atomic mass is 9.82. The number of ether oxygens (including phenoxy) is 3. The molecule has 6 heteroatoms. The highest BCUT2D eigenvalue weighted by molar-refractivity contribution is 6.30. The highest BCUT2D eigenvalue weighted by Crippen LogP contribution is 2.38. The maximum Gasteiger partial charge on any atom is 0.337 e. The fraction of sp³-hybridized carbons (Fsp3) is 0.296. The van der Waals surface area contributed by atoms with Crippen LogP contribution in [0.2, 0.25) is 5.02 Å². The fourth-order valence-electron chi connectivity index (χ4n) is 4.18. The lowest BCUT2D eigenvalue weighted by Gasteiger charge is -2.44. The number of benzene rings is 3. The van der Waals surface area contributed by atoms with Gasteiger partial charge in [0, 0.05) is 11.6 Å². The minimum Gasteiger partial charge on any atom is -0.465 e. The number of nitrogens with one attached hydrogen (secondary N) is 1. The van der Waals surface area contributed by atoms with E-state index in [9.17, 15) is 4.79 Å². The van der Waals surface area contributed by atoms with Crippen LogP contribution in [0.4, 0.5) is 0 Å². The van der Waals surface area contributed by atoms with Crippen LogP contribution in [0.15, 0.2) is 78.9 Å². The standard InChI is InChI=1S/C27H28ClNO4/c1-31-26(30)22-9-7-21(8-10-22)18-32-25-17-29-16-15-27(25,23-11-13-24(28)14-12-23)33-19-20-5-3-2-4-6-20/h2-14,25,29H,15-19H2,1H3. The third-order valence-corrected chi connectivity index (χ3v) is 6.27. The van der Waals surface area contributed by atoms with E-state index in [0.29, 0.717) is 30.3 Å². The first kappa shape index (κ1) is 23.5. The second kappa shape index (κ2) is 10.9. The molecule has 172 valence electrons. The van der Waals surface area contributed by atoms with E-state index in [1.54, 1.807) is 12.1 Å². The zero-order valence-corrected chi connectivity index (χ0v) is 19.4. The van der Waals surface area contributed by atoms with Crippen molar-refractivity contribution in [2.45, 2.75) is 31.3 Å². The second-order valence-electron chi connectivity index (χ2n) is 8.11. The SMILES string of the molecule is COC(=O)c1ccc(COC2CNCCC2(OCc2ccccc2)c2ccc(Cl)cc2)cc1. The molecule has 5 nitrogen and oxygen atoms in total. The van der Waals surface area contributed by atoms with E-state index < -0.39 is 5.60 Å². The van der Waals surface area contributed by atoms with Crippen LogP contribution in [0.1, 0.15) is 33.5 Å². The average Bonchev–Trinajstić information content (AvgIpc) is 2.87. The molecular weight excluding hydrogens is 438 g/mol. The molecule has 2 atom stereocenters. The van der Waals surface area contributed by atoms with Gasteiger partial charge in [-0.15, -0.1) is 0 Å². The summed E-state index contributed by atoms with van der Waals surface area (Å²) >= 11 is 6.17. The normalized spacial score (nSPS) is 20.4. The van der Waals surface area contributed by atoms with Crippen molar-refractivity contribution in [1.29, 1.82) is 0 Å². The fourth-order valence-corrected chi connectivity index (χ4v) is 4.30. The summed E-state index contributed by atoms with van der Waals surface area (Å²) in [6.45, 7) is 2.37. The second-order valence-corrected chi connectivity index (χ2v) is 8.55. The first-order chi connectivity index (χ1) is 16.1. The molecule has 3 aromatic rings. The molecule has 2 unspecified atom stereocenters. The zero-order chi connectivity index (χ0) is 23.1. The smallest absolute Gasteiger partial charge is 0.337 e. The Morgan fingerprint density at radius 3 is 2.36 bits per heavy atom. The molecule has 0 spiro atoms. The zero-order valence-electron chi connectivity index (χ0n) is 18.6. The van der Waals surface area contributed by atoms with Gasteiger partial charge in [-0.2, -0.15) is 0 Å². The van der Waals surface area contributed by atoms with Gasteiger partial charge in [-0.1, -0.05) is 66.2 Å². The monoisotopic (exact) mass is 465 g/mol. The summed E-state index contributed by atoms with van der Waals surface area (Å²) in [5.41, 5.74) is 3.04. The number of esters is 1. The quantitative estimate of drug-likeness (QED) is 0.468. The molecule has 3 aromatic carbocycles. The van der Waals surface area contributed by atoms with E-state index in [1.165, 1.54) is 7.11 Å². The summed E-state index contributed by atoms with van der Waals surface area (Å²) in [5.74, 6) is -0.352. The number of hydrogen-bond donors (Lipinski definition) is 1. The molecular formula is C27H28ClNO4. The average molecular weight is 466 g/mol. The van der Waals surface area contributed by atoms with E-state index in [1.807, 2.05) is 54.6 Å². The van der Waals surface area contributed by atoms with Crippen molar-refractivity contribution in [3.8, 4) is 0 Å². The number of hydrogen-bond acceptors (Lipinski definition) is 5. The van der Waals surface area contributed by atoms with Gasteiger partial charge in [0.2, 0.25) is 0 Å². The van der Waals surface area contributed by atoms with Gasteiger partial charge in [0.05, 0.1) is 25.9 Å². The summed E-state index contributed by atoms with van der Waals surface area (Å²) in [6, 6.07) is 25.3.